The van der Waals surface area contributed by atoms with Crippen LogP contribution in [0.1, 0.15) is 46.5 Å². The smallest absolute Gasteiger partial charge is 0.408 e. The number of nitrogens with zero attached hydrogens (tertiary/aromatic N) is 1. The number of rotatable bonds is 8. The zero-order chi connectivity index (χ0) is 21.7. The molecule has 0 spiro atoms. The Morgan fingerprint density at radius 2 is 1.50 bits per heavy atom. The molecule has 0 saturated heterocycles. The molecule has 0 aromatic heterocycles. The average Bonchev–Trinajstić information content (AvgIpc) is 2.97. The van der Waals surface area contributed by atoms with Crippen molar-refractivity contribution in [1.29, 1.82) is 0 Å². The standard InChI is InChI=1S/C23H24N2O5/c1-15(2)12-19(24-23(29)30-14-16-8-4-3-5-9-16)20(26)13-25-21(27)17-10-6-7-11-18(17)22(25)28/h3-11,15,19H,12-14H2,1-2H3,(H,24,29)/t19-/m0/s1. The lowest BCUT2D eigenvalue weighted by Crippen LogP contribution is -2.47. The molecule has 2 aromatic carbocycles. The summed E-state index contributed by atoms with van der Waals surface area (Å²) in [5.74, 6) is -1.32. The minimum absolute atomic E-state index is 0.0771. The molecule has 7 heteroatoms. The summed E-state index contributed by atoms with van der Waals surface area (Å²) in [5.41, 5.74) is 1.39. The maximum absolute atomic E-state index is 12.9. The Morgan fingerprint density at radius 3 is 2.07 bits per heavy atom. The number of ether oxygens (including phenoxy) is 1. The predicted octanol–water partition coefficient (Wildman–Crippen LogP) is 3.19. The highest BCUT2D eigenvalue weighted by molar-refractivity contribution is 6.22. The molecule has 0 fully saturated rings. The van der Waals surface area contributed by atoms with Crippen molar-refractivity contribution in [2.24, 2.45) is 5.92 Å². The minimum Gasteiger partial charge on any atom is -0.445 e. The molecular formula is C23H24N2O5. The molecule has 1 N–H and O–H groups in total. The third kappa shape index (κ3) is 4.92. The van der Waals surface area contributed by atoms with Crippen molar-refractivity contribution in [2.45, 2.75) is 32.9 Å². The topological polar surface area (TPSA) is 92.8 Å². The van der Waals surface area contributed by atoms with Crippen molar-refractivity contribution < 1.29 is 23.9 Å². The first-order valence-corrected chi connectivity index (χ1v) is 9.82. The van der Waals surface area contributed by atoms with Crippen LogP contribution >= 0.6 is 0 Å². The number of Topliss-reactive ketones (excluding diaryl/α,β-unsaturated/α-hetero) is 1. The molecule has 1 aliphatic heterocycles. The SMILES string of the molecule is CC(C)C[C@H](NC(=O)OCc1ccccc1)C(=O)CN1C(=O)c2ccccc2C1=O. The number of ketones is 1. The molecule has 2 aromatic rings. The fraction of sp³-hybridized carbons (Fsp3) is 0.304. The maximum atomic E-state index is 12.9. The number of amides is 3. The van der Waals surface area contributed by atoms with Crippen molar-refractivity contribution >= 4 is 23.7 Å². The van der Waals surface area contributed by atoms with Gasteiger partial charge in [0.25, 0.3) is 11.8 Å². The molecule has 1 heterocycles. The van der Waals surface area contributed by atoms with Crippen molar-refractivity contribution in [1.82, 2.24) is 10.2 Å². The van der Waals surface area contributed by atoms with Gasteiger partial charge in [-0.3, -0.25) is 19.3 Å². The van der Waals surface area contributed by atoms with Crippen LogP contribution in [-0.4, -0.2) is 41.2 Å². The van der Waals surface area contributed by atoms with Crippen LogP contribution in [0.15, 0.2) is 54.6 Å². The van der Waals surface area contributed by atoms with E-state index in [2.05, 4.69) is 5.32 Å². The van der Waals surface area contributed by atoms with E-state index in [1.54, 1.807) is 24.3 Å². The highest BCUT2D eigenvalue weighted by atomic mass is 16.5. The summed E-state index contributed by atoms with van der Waals surface area (Å²) in [6.07, 6.45) is -0.358. The second kappa shape index (κ2) is 9.35. The molecule has 0 aliphatic carbocycles. The number of hydrogen-bond acceptors (Lipinski definition) is 5. The fourth-order valence-corrected chi connectivity index (χ4v) is 3.30. The monoisotopic (exact) mass is 408 g/mol. The van der Waals surface area contributed by atoms with Crippen LogP contribution in [-0.2, 0) is 16.1 Å². The van der Waals surface area contributed by atoms with Gasteiger partial charge in [-0.15, -0.1) is 0 Å². The normalized spacial score (nSPS) is 13.9. The molecule has 0 radical (unpaired) electrons. The van der Waals surface area contributed by atoms with Gasteiger partial charge in [0.2, 0.25) is 0 Å². The van der Waals surface area contributed by atoms with Crippen LogP contribution < -0.4 is 5.32 Å². The van der Waals surface area contributed by atoms with Gasteiger partial charge in [0.1, 0.15) is 6.61 Å². The lowest BCUT2D eigenvalue weighted by atomic mass is 10.00. The zero-order valence-corrected chi connectivity index (χ0v) is 17.0. The first-order chi connectivity index (χ1) is 14.4. The van der Waals surface area contributed by atoms with Crippen molar-refractivity contribution in [3.8, 4) is 0 Å². The van der Waals surface area contributed by atoms with Gasteiger partial charge in [-0.05, 0) is 30.0 Å². The summed E-state index contributed by atoms with van der Waals surface area (Å²) < 4.78 is 5.20. The Hall–Kier alpha value is -3.48. The Kier molecular flexibility index (Phi) is 6.61. The molecule has 3 amide bonds. The molecule has 3 rings (SSSR count). The van der Waals surface area contributed by atoms with Crippen molar-refractivity contribution in [2.75, 3.05) is 6.54 Å². The van der Waals surface area contributed by atoms with Gasteiger partial charge in [0, 0.05) is 0 Å². The van der Waals surface area contributed by atoms with Gasteiger partial charge in [-0.2, -0.15) is 0 Å². The molecule has 7 nitrogen and oxygen atoms in total. The summed E-state index contributed by atoms with van der Waals surface area (Å²) in [7, 11) is 0. The van der Waals surface area contributed by atoms with Crippen LogP contribution in [0.5, 0.6) is 0 Å². The number of nitrogens with one attached hydrogen (secondary N) is 1. The van der Waals surface area contributed by atoms with E-state index < -0.39 is 36.3 Å². The molecular weight excluding hydrogens is 384 g/mol. The third-order valence-corrected chi connectivity index (χ3v) is 4.79. The third-order valence-electron chi connectivity index (χ3n) is 4.79. The molecule has 1 aliphatic rings. The number of carbonyl (C=O) groups is 4. The van der Waals surface area contributed by atoms with Gasteiger partial charge in [-0.1, -0.05) is 56.3 Å². The second-order valence-corrected chi connectivity index (χ2v) is 7.60. The van der Waals surface area contributed by atoms with E-state index in [1.807, 2.05) is 44.2 Å². The van der Waals surface area contributed by atoms with Gasteiger partial charge in [0.15, 0.2) is 5.78 Å². The Morgan fingerprint density at radius 1 is 0.933 bits per heavy atom. The van der Waals surface area contributed by atoms with Gasteiger partial charge >= 0.3 is 6.09 Å². The van der Waals surface area contributed by atoms with Crippen LogP contribution in [0, 0.1) is 5.92 Å². The van der Waals surface area contributed by atoms with Crippen LogP contribution in [0.3, 0.4) is 0 Å². The van der Waals surface area contributed by atoms with E-state index >= 15 is 0 Å². The van der Waals surface area contributed by atoms with E-state index in [9.17, 15) is 19.2 Å². The quantitative estimate of drug-likeness (QED) is 0.677. The second-order valence-electron chi connectivity index (χ2n) is 7.60. The summed E-state index contributed by atoms with van der Waals surface area (Å²) in [6.45, 7) is 3.51. The largest absolute Gasteiger partial charge is 0.445 e. The number of carbonyl (C=O) groups excluding carboxylic acids is 4. The summed E-state index contributed by atoms with van der Waals surface area (Å²) >= 11 is 0. The van der Waals surface area contributed by atoms with Gasteiger partial charge < -0.3 is 10.1 Å². The Balaban J connectivity index is 1.63. The van der Waals surface area contributed by atoms with E-state index in [4.69, 9.17) is 4.74 Å². The van der Waals surface area contributed by atoms with Gasteiger partial charge in [0.05, 0.1) is 23.7 Å². The lowest BCUT2D eigenvalue weighted by Gasteiger charge is -2.22. The number of alkyl carbamates (subject to hydrolysis) is 1. The fourth-order valence-electron chi connectivity index (χ4n) is 3.30. The van der Waals surface area contributed by atoms with Crippen molar-refractivity contribution in [3.63, 3.8) is 0 Å². The maximum Gasteiger partial charge on any atom is 0.408 e. The Labute approximate surface area is 175 Å². The van der Waals surface area contributed by atoms with Crippen LogP contribution in [0.4, 0.5) is 4.79 Å². The van der Waals surface area contributed by atoms with E-state index in [0.29, 0.717) is 6.42 Å². The highest BCUT2D eigenvalue weighted by Gasteiger charge is 2.37. The van der Waals surface area contributed by atoms with Crippen molar-refractivity contribution in [3.05, 3.63) is 71.3 Å². The molecule has 0 unspecified atom stereocenters. The summed E-state index contributed by atoms with van der Waals surface area (Å²) in [5, 5.41) is 2.58. The number of hydrogen-bond donors (Lipinski definition) is 1. The number of imide groups is 1. The predicted molar refractivity (Wildman–Crippen MR) is 110 cm³/mol. The summed E-state index contributed by atoms with van der Waals surface area (Å²) in [4.78, 5) is 51.0. The van der Waals surface area contributed by atoms with Crippen LogP contribution in [0.25, 0.3) is 0 Å². The van der Waals surface area contributed by atoms with Crippen LogP contribution in [0.2, 0.25) is 0 Å². The average molecular weight is 408 g/mol. The molecule has 0 saturated carbocycles. The van der Waals surface area contributed by atoms with E-state index in [1.165, 1.54) is 0 Å². The van der Waals surface area contributed by atoms with Gasteiger partial charge in [-0.25, -0.2) is 4.79 Å². The molecule has 30 heavy (non-hydrogen) atoms. The molecule has 0 bridgehead atoms. The Bertz CT molecular complexity index is 920. The first kappa shape index (κ1) is 21.2. The first-order valence-electron chi connectivity index (χ1n) is 9.82. The molecule has 156 valence electrons. The number of benzene rings is 2. The van der Waals surface area contributed by atoms with E-state index in [-0.39, 0.29) is 23.7 Å². The minimum atomic E-state index is -0.863. The van der Waals surface area contributed by atoms with E-state index in [0.717, 1.165) is 10.5 Å². The molecule has 1 atom stereocenters. The lowest BCUT2D eigenvalue weighted by molar-refractivity contribution is -0.121. The summed E-state index contributed by atoms with van der Waals surface area (Å²) in [6, 6.07) is 14.8. The zero-order valence-electron chi connectivity index (χ0n) is 17.0. The highest BCUT2D eigenvalue weighted by Crippen LogP contribution is 2.22. The number of fused-ring (bicyclic) bond motifs is 1.